The Morgan fingerprint density at radius 3 is 2.42 bits per heavy atom. The van der Waals surface area contributed by atoms with Crippen molar-refractivity contribution in [2.75, 3.05) is 11.5 Å². The Bertz CT molecular complexity index is 974. The second-order valence-electron chi connectivity index (χ2n) is 5.96. The van der Waals surface area contributed by atoms with Crippen molar-refractivity contribution in [3.05, 3.63) is 65.6 Å². The zero-order valence-electron chi connectivity index (χ0n) is 14.6. The lowest BCUT2D eigenvalue weighted by atomic mass is 10.0. The van der Waals surface area contributed by atoms with Crippen molar-refractivity contribution in [3.63, 3.8) is 0 Å². The van der Waals surface area contributed by atoms with Gasteiger partial charge < -0.3 is 16.2 Å². The van der Waals surface area contributed by atoms with Crippen LogP contribution in [0.25, 0.3) is 0 Å². The summed E-state index contributed by atoms with van der Waals surface area (Å²) in [5.74, 6) is 7.59. The van der Waals surface area contributed by atoms with Crippen molar-refractivity contribution < 1.29 is 4.74 Å². The van der Waals surface area contributed by atoms with Crippen LogP contribution < -0.4 is 16.2 Å². The van der Waals surface area contributed by atoms with Gasteiger partial charge in [0.05, 0.1) is 6.20 Å². The summed E-state index contributed by atoms with van der Waals surface area (Å²) in [7, 11) is 0. The number of anilines is 2. The highest BCUT2D eigenvalue weighted by Gasteiger charge is 2.13. The Balaban J connectivity index is 1.96. The first-order valence-corrected chi connectivity index (χ1v) is 8.16. The maximum absolute atomic E-state index is 5.94. The molecule has 0 saturated carbocycles. The maximum Gasteiger partial charge on any atom is 0.222 e. The van der Waals surface area contributed by atoms with E-state index < -0.39 is 0 Å². The monoisotopic (exact) mass is 345 g/mol. The molecule has 0 aliphatic heterocycles. The zero-order chi connectivity index (χ0) is 18.5. The average Bonchev–Trinajstić information content (AvgIpc) is 2.63. The average molecular weight is 345 g/mol. The Hall–Kier alpha value is -3.59. The van der Waals surface area contributed by atoms with Gasteiger partial charge in [0.15, 0.2) is 11.6 Å². The van der Waals surface area contributed by atoms with Crippen molar-refractivity contribution in [2.45, 2.75) is 19.8 Å². The number of nitrogen functional groups attached to an aromatic ring is 2. The standard InChI is InChI=1S/C20H19N5O/c1-13(2)16-11-23-15(9-8-14-6-4-3-5-7-14)10-17(16)26-18-12-24-20(22)25-19(18)21/h3-7,10-13H,1-2H3,(H4,21,22,24,25). The van der Waals surface area contributed by atoms with E-state index in [-0.39, 0.29) is 17.7 Å². The number of nitrogens with zero attached hydrogens (tertiary/aromatic N) is 3. The first-order chi connectivity index (χ1) is 12.5. The molecule has 0 atom stereocenters. The Labute approximate surface area is 152 Å². The predicted molar refractivity (Wildman–Crippen MR) is 102 cm³/mol. The quantitative estimate of drug-likeness (QED) is 0.706. The molecule has 2 heterocycles. The van der Waals surface area contributed by atoms with Crippen LogP contribution in [0.15, 0.2) is 48.8 Å². The number of aromatic nitrogens is 3. The molecule has 3 rings (SSSR count). The highest BCUT2D eigenvalue weighted by Crippen LogP contribution is 2.32. The molecule has 26 heavy (non-hydrogen) atoms. The van der Waals surface area contributed by atoms with Gasteiger partial charge in [0.1, 0.15) is 11.4 Å². The fraction of sp³-hybridized carbons (Fsp3) is 0.150. The van der Waals surface area contributed by atoms with Crippen molar-refractivity contribution >= 4 is 11.8 Å². The summed E-state index contributed by atoms with van der Waals surface area (Å²) in [4.78, 5) is 12.3. The molecule has 4 N–H and O–H groups in total. The summed E-state index contributed by atoms with van der Waals surface area (Å²) in [6, 6.07) is 11.5. The smallest absolute Gasteiger partial charge is 0.222 e. The van der Waals surface area contributed by atoms with E-state index in [1.165, 1.54) is 6.20 Å². The number of benzene rings is 1. The van der Waals surface area contributed by atoms with E-state index in [2.05, 4.69) is 40.6 Å². The lowest BCUT2D eigenvalue weighted by molar-refractivity contribution is 0.470. The summed E-state index contributed by atoms with van der Waals surface area (Å²) in [5.41, 5.74) is 13.9. The number of hydrogen-bond donors (Lipinski definition) is 2. The van der Waals surface area contributed by atoms with Gasteiger partial charge in [0.25, 0.3) is 0 Å². The van der Waals surface area contributed by atoms with Gasteiger partial charge >= 0.3 is 0 Å². The summed E-state index contributed by atoms with van der Waals surface area (Å²) in [6.45, 7) is 4.12. The number of hydrogen-bond acceptors (Lipinski definition) is 6. The fourth-order valence-electron chi connectivity index (χ4n) is 2.29. The summed E-state index contributed by atoms with van der Waals surface area (Å²) < 4.78 is 5.94. The van der Waals surface area contributed by atoms with Crippen LogP contribution in [0, 0.1) is 11.8 Å². The van der Waals surface area contributed by atoms with Crippen LogP contribution in [0.2, 0.25) is 0 Å². The number of rotatable bonds is 3. The molecule has 0 saturated heterocycles. The van der Waals surface area contributed by atoms with Gasteiger partial charge in [0.2, 0.25) is 5.95 Å². The third-order valence-electron chi connectivity index (χ3n) is 3.65. The van der Waals surface area contributed by atoms with Crippen LogP contribution in [0.5, 0.6) is 11.5 Å². The van der Waals surface area contributed by atoms with Crippen LogP contribution >= 0.6 is 0 Å². The van der Waals surface area contributed by atoms with E-state index in [0.717, 1.165) is 11.1 Å². The van der Waals surface area contributed by atoms with Crippen molar-refractivity contribution in [2.24, 2.45) is 0 Å². The Kier molecular flexibility index (Phi) is 4.99. The number of pyridine rings is 1. The molecule has 2 aromatic heterocycles. The number of ether oxygens (including phenoxy) is 1. The van der Waals surface area contributed by atoms with Gasteiger partial charge in [-0.15, -0.1) is 0 Å². The summed E-state index contributed by atoms with van der Waals surface area (Å²) in [5, 5.41) is 0. The van der Waals surface area contributed by atoms with E-state index in [4.69, 9.17) is 16.2 Å². The SMILES string of the molecule is CC(C)c1cnc(C#Cc2ccccc2)cc1Oc1cnc(N)nc1N. The third-order valence-corrected chi connectivity index (χ3v) is 3.65. The van der Waals surface area contributed by atoms with Crippen molar-refractivity contribution in [3.8, 4) is 23.3 Å². The maximum atomic E-state index is 5.94. The Morgan fingerprint density at radius 2 is 1.73 bits per heavy atom. The van der Waals surface area contributed by atoms with Gasteiger partial charge in [-0.05, 0) is 24.0 Å². The van der Waals surface area contributed by atoms with E-state index >= 15 is 0 Å². The van der Waals surface area contributed by atoms with E-state index in [1.807, 2.05) is 30.3 Å². The fourth-order valence-corrected chi connectivity index (χ4v) is 2.29. The normalized spacial score (nSPS) is 10.3. The third kappa shape index (κ3) is 4.08. The first kappa shape index (κ1) is 17.2. The van der Waals surface area contributed by atoms with E-state index in [0.29, 0.717) is 17.2 Å². The topological polar surface area (TPSA) is 99.9 Å². The van der Waals surface area contributed by atoms with E-state index in [1.54, 1.807) is 12.3 Å². The molecular weight excluding hydrogens is 326 g/mol. The minimum atomic E-state index is 0.100. The lowest BCUT2D eigenvalue weighted by Crippen LogP contribution is -2.03. The van der Waals surface area contributed by atoms with Gasteiger partial charge in [-0.3, -0.25) is 0 Å². The first-order valence-electron chi connectivity index (χ1n) is 8.16. The summed E-state index contributed by atoms with van der Waals surface area (Å²) >= 11 is 0. The van der Waals surface area contributed by atoms with E-state index in [9.17, 15) is 0 Å². The minimum Gasteiger partial charge on any atom is -0.451 e. The molecule has 0 aliphatic carbocycles. The largest absolute Gasteiger partial charge is 0.451 e. The molecule has 0 fully saturated rings. The Morgan fingerprint density at radius 1 is 0.962 bits per heavy atom. The molecule has 0 amide bonds. The van der Waals surface area contributed by atoms with Gasteiger partial charge in [-0.2, -0.15) is 4.98 Å². The highest BCUT2D eigenvalue weighted by molar-refractivity contribution is 5.51. The molecular formula is C20H19N5O. The zero-order valence-corrected chi connectivity index (χ0v) is 14.6. The summed E-state index contributed by atoms with van der Waals surface area (Å²) in [6.07, 6.45) is 3.22. The molecule has 130 valence electrons. The van der Waals surface area contributed by atoms with Crippen LogP contribution in [0.1, 0.15) is 36.6 Å². The van der Waals surface area contributed by atoms with Gasteiger partial charge in [-0.25, -0.2) is 9.97 Å². The molecule has 0 bridgehead atoms. The molecule has 0 spiro atoms. The lowest BCUT2D eigenvalue weighted by Gasteiger charge is -2.14. The molecule has 0 aliphatic rings. The highest BCUT2D eigenvalue weighted by atomic mass is 16.5. The van der Waals surface area contributed by atoms with Crippen LogP contribution in [-0.2, 0) is 0 Å². The second kappa shape index (κ2) is 7.53. The molecule has 6 nitrogen and oxygen atoms in total. The minimum absolute atomic E-state index is 0.100. The molecule has 6 heteroatoms. The predicted octanol–water partition coefficient (Wildman–Crippen LogP) is 3.35. The molecule has 0 radical (unpaired) electrons. The second-order valence-corrected chi connectivity index (χ2v) is 5.96. The van der Waals surface area contributed by atoms with Crippen LogP contribution in [-0.4, -0.2) is 15.0 Å². The molecule has 1 aromatic carbocycles. The molecule has 3 aromatic rings. The molecule has 0 unspecified atom stereocenters. The number of nitrogens with two attached hydrogens (primary N) is 2. The van der Waals surface area contributed by atoms with Crippen molar-refractivity contribution in [1.29, 1.82) is 0 Å². The van der Waals surface area contributed by atoms with Crippen LogP contribution in [0.3, 0.4) is 0 Å². The van der Waals surface area contributed by atoms with Gasteiger partial charge in [0, 0.05) is 23.4 Å². The van der Waals surface area contributed by atoms with Gasteiger partial charge in [-0.1, -0.05) is 38.0 Å². The van der Waals surface area contributed by atoms with Crippen molar-refractivity contribution in [1.82, 2.24) is 15.0 Å². The van der Waals surface area contributed by atoms with Crippen LogP contribution in [0.4, 0.5) is 11.8 Å².